The van der Waals surface area contributed by atoms with Crippen molar-refractivity contribution in [1.82, 2.24) is 4.72 Å². The predicted molar refractivity (Wildman–Crippen MR) is 60.3 cm³/mol. The SMILES string of the molecule is O=S(=O)(NCC1(O)CCC1)c1cc(F)c(F)cc1F. The Bertz CT molecular complexity index is 599. The molecule has 2 rings (SSSR count). The zero-order valence-corrected chi connectivity index (χ0v) is 10.6. The van der Waals surface area contributed by atoms with Gasteiger partial charge in [-0.05, 0) is 25.3 Å². The van der Waals surface area contributed by atoms with Crippen molar-refractivity contribution in [2.24, 2.45) is 0 Å². The van der Waals surface area contributed by atoms with Crippen LogP contribution < -0.4 is 4.72 Å². The molecule has 4 nitrogen and oxygen atoms in total. The van der Waals surface area contributed by atoms with Gasteiger partial charge in [0, 0.05) is 12.6 Å². The second-order valence-corrected chi connectivity index (χ2v) is 6.33. The van der Waals surface area contributed by atoms with Gasteiger partial charge in [-0.25, -0.2) is 26.3 Å². The van der Waals surface area contributed by atoms with Gasteiger partial charge in [0.2, 0.25) is 10.0 Å². The molecule has 1 aromatic rings. The molecule has 0 unspecified atom stereocenters. The maximum absolute atomic E-state index is 13.4. The van der Waals surface area contributed by atoms with Crippen LogP contribution >= 0.6 is 0 Å². The lowest BCUT2D eigenvalue weighted by Gasteiger charge is -2.36. The lowest BCUT2D eigenvalue weighted by atomic mass is 9.81. The lowest BCUT2D eigenvalue weighted by Crippen LogP contribution is -2.47. The summed E-state index contributed by atoms with van der Waals surface area (Å²) >= 11 is 0. The molecule has 0 atom stereocenters. The molecule has 2 N–H and O–H groups in total. The number of rotatable bonds is 4. The number of benzene rings is 1. The first kappa shape index (κ1) is 14.3. The van der Waals surface area contributed by atoms with Crippen molar-refractivity contribution >= 4 is 10.0 Å². The van der Waals surface area contributed by atoms with E-state index in [9.17, 15) is 26.7 Å². The topological polar surface area (TPSA) is 66.4 Å². The average Bonchev–Trinajstić information content (AvgIpc) is 2.28. The summed E-state index contributed by atoms with van der Waals surface area (Å²) in [7, 11) is -4.33. The predicted octanol–water partition coefficient (Wildman–Crippen LogP) is 1.30. The molecule has 0 amide bonds. The van der Waals surface area contributed by atoms with Crippen molar-refractivity contribution in [2.45, 2.75) is 29.8 Å². The summed E-state index contributed by atoms with van der Waals surface area (Å²) in [5.41, 5.74) is -1.14. The van der Waals surface area contributed by atoms with E-state index in [0.717, 1.165) is 6.42 Å². The Labute approximate surface area is 108 Å². The second kappa shape index (κ2) is 4.77. The van der Waals surface area contributed by atoms with E-state index in [1.165, 1.54) is 0 Å². The number of halogens is 3. The van der Waals surface area contributed by atoms with Crippen molar-refractivity contribution < 1.29 is 26.7 Å². The van der Waals surface area contributed by atoms with E-state index < -0.39 is 38.0 Å². The van der Waals surface area contributed by atoms with Crippen molar-refractivity contribution in [3.05, 3.63) is 29.6 Å². The van der Waals surface area contributed by atoms with Gasteiger partial charge in [0.15, 0.2) is 11.6 Å². The first-order valence-corrected chi connectivity index (χ1v) is 7.08. The third-order valence-electron chi connectivity index (χ3n) is 3.14. The molecular formula is C11H12F3NO3S. The van der Waals surface area contributed by atoms with Crippen LogP contribution in [0.3, 0.4) is 0 Å². The Morgan fingerprint density at radius 2 is 1.74 bits per heavy atom. The fraction of sp³-hybridized carbons (Fsp3) is 0.455. The van der Waals surface area contributed by atoms with E-state index in [0.29, 0.717) is 12.8 Å². The van der Waals surface area contributed by atoms with Crippen LogP contribution in [0.1, 0.15) is 19.3 Å². The zero-order chi connectivity index (χ0) is 14.3. The Morgan fingerprint density at radius 1 is 1.16 bits per heavy atom. The molecular weight excluding hydrogens is 283 g/mol. The molecule has 0 heterocycles. The Kier molecular flexibility index (Phi) is 3.59. The molecule has 106 valence electrons. The Balaban J connectivity index is 2.22. The monoisotopic (exact) mass is 295 g/mol. The molecule has 0 aliphatic heterocycles. The first-order chi connectivity index (χ1) is 8.73. The average molecular weight is 295 g/mol. The quantitative estimate of drug-likeness (QED) is 0.823. The standard InChI is InChI=1S/C11H12F3NO3S/c12-7-4-9(14)10(5-8(7)13)19(17,18)15-6-11(16)2-1-3-11/h4-5,15-16H,1-3,6H2. The largest absolute Gasteiger partial charge is 0.389 e. The third kappa shape index (κ3) is 2.90. The smallest absolute Gasteiger partial charge is 0.243 e. The minimum absolute atomic E-state index is 0.169. The molecule has 0 bridgehead atoms. The van der Waals surface area contributed by atoms with Gasteiger partial charge in [0.25, 0.3) is 0 Å². The molecule has 1 aromatic carbocycles. The van der Waals surface area contributed by atoms with Crippen LogP contribution in [-0.2, 0) is 10.0 Å². The molecule has 8 heteroatoms. The summed E-state index contributed by atoms with van der Waals surface area (Å²) in [6.07, 6.45) is 1.66. The van der Waals surface area contributed by atoms with Gasteiger partial charge < -0.3 is 5.11 Å². The van der Waals surface area contributed by atoms with Gasteiger partial charge in [-0.2, -0.15) is 0 Å². The Morgan fingerprint density at radius 3 is 2.26 bits per heavy atom. The maximum atomic E-state index is 13.4. The molecule has 1 aliphatic rings. The van der Waals surface area contributed by atoms with Crippen LogP contribution in [0.2, 0.25) is 0 Å². The highest BCUT2D eigenvalue weighted by Crippen LogP contribution is 2.31. The second-order valence-electron chi connectivity index (χ2n) is 4.60. The maximum Gasteiger partial charge on any atom is 0.243 e. The van der Waals surface area contributed by atoms with E-state index in [4.69, 9.17) is 0 Å². The molecule has 0 saturated heterocycles. The van der Waals surface area contributed by atoms with E-state index in [2.05, 4.69) is 0 Å². The molecule has 1 aliphatic carbocycles. The highest BCUT2D eigenvalue weighted by Gasteiger charge is 2.36. The summed E-state index contributed by atoms with van der Waals surface area (Å²) < 4.78 is 64.5. The van der Waals surface area contributed by atoms with Gasteiger partial charge in [-0.1, -0.05) is 0 Å². The summed E-state index contributed by atoms with van der Waals surface area (Å²) in [6.45, 7) is -0.284. The first-order valence-electron chi connectivity index (χ1n) is 5.60. The van der Waals surface area contributed by atoms with E-state index in [-0.39, 0.29) is 18.7 Å². The third-order valence-corrected chi connectivity index (χ3v) is 4.56. The minimum atomic E-state index is -4.33. The summed E-state index contributed by atoms with van der Waals surface area (Å²) in [5, 5.41) is 9.73. The molecule has 0 aromatic heterocycles. The molecule has 1 saturated carbocycles. The van der Waals surface area contributed by atoms with Crippen molar-refractivity contribution in [2.75, 3.05) is 6.54 Å². The van der Waals surface area contributed by atoms with Crippen molar-refractivity contribution in [1.29, 1.82) is 0 Å². The fourth-order valence-electron chi connectivity index (χ4n) is 1.78. The lowest BCUT2D eigenvalue weighted by molar-refractivity contribution is -0.0271. The van der Waals surface area contributed by atoms with Gasteiger partial charge in [0.1, 0.15) is 10.7 Å². The zero-order valence-electron chi connectivity index (χ0n) is 9.79. The molecule has 0 spiro atoms. The highest BCUT2D eigenvalue weighted by molar-refractivity contribution is 7.89. The van der Waals surface area contributed by atoms with E-state index >= 15 is 0 Å². The fourth-order valence-corrected chi connectivity index (χ4v) is 2.97. The number of sulfonamides is 1. The van der Waals surface area contributed by atoms with Crippen LogP contribution in [-0.4, -0.2) is 25.7 Å². The van der Waals surface area contributed by atoms with Gasteiger partial charge in [0.05, 0.1) is 5.60 Å². The number of hydrogen-bond donors (Lipinski definition) is 2. The van der Waals surface area contributed by atoms with Crippen molar-refractivity contribution in [3.8, 4) is 0 Å². The molecule has 19 heavy (non-hydrogen) atoms. The number of nitrogens with one attached hydrogen (secondary N) is 1. The normalized spacial score (nSPS) is 18.1. The van der Waals surface area contributed by atoms with Crippen LogP contribution in [0.5, 0.6) is 0 Å². The highest BCUT2D eigenvalue weighted by atomic mass is 32.2. The summed E-state index contributed by atoms with van der Waals surface area (Å²) in [4.78, 5) is -0.977. The van der Waals surface area contributed by atoms with E-state index in [1.807, 2.05) is 4.72 Å². The van der Waals surface area contributed by atoms with E-state index in [1.54, 1.807) is 0 Å². The van der Waals surface area contributed by atoms with Crippen LogP contribution in [0.4, 0.5) is 13.2 Å². The van der Waals surface area contributed by atoms with Gasteiger partial charge in [-0.15, -0.1) is 0 Å². The Hall–Kier alpha value is -1.12. The molecule has 1 fully saturated rings. The van der Waals surface area contributed by atoms with Gasteiger partial charge in [-0.3, -0.25) is 0 Å². The summed E-state index contributed by atoms with van der Waals surface area (Å²) in [6, 6.07) is 0.444. The van der Waals surface area contributed by atoms with Gasteiger partial charge >= 0.3 is 0 Å². The number of hydrogen-bond acceptors (Lipinski definition) is 3. The van der Waals surface area contributed by atoms with Crippen LogP contribution in [0, 0.1) is 17.5 Å². The summed E-state index contributed by atoms with van der Waals surface area (Å²) in [5.74, 6) is -4.30. The molecule has 0 radical (unpaired) electrons. The van der Waals surface area contributed by atoms with Crippen LogP contribution in [0.25, 0.3) is 0 Å². The number of aliphatic hydroxyl groups is 1. The van der Waals surface area contributed by atoms with Crippen molar-refractivity contribution in [3.63, 3.8) is 0 Å². The van der Waals surface area contributed by atoms with Crippen LogP contribution in [0.15, 0.2) is 17.0 Å². The minimum Gasteiger partial charge on any atom is -0.389 e.